The zero-order valence-electron chi connectivity index (χ0n) is 10.7. The van der Waals surface area contributed by atoms with Crippen LogP contribution in [0.25, 0.3) is 10.1 Å². The lowest BCUT2D eigenvalue weighted by Crippen LogP contribution is -2.57. The van der Waals surface area contributed by atoms with E-state index in [0.717, 1.165) is 13.0 Å². The van der Waals surface area contributed by atoms with Gasteiger partial charge < -0.3 is 5.32 Å². The molecular weight excluding hydrogens is 262 g/mol. The number of halogens is 1. The van der Waals surface area contributed by atoms with Crippen LogP contribution in [0, 0.1) is 5.41 Å². The summed E-state index contributed by atoms with van der Waals surface area (Å²) < 4.78 is 1.37. The lowest BCUT2D eigenvalue weighted by atomic mass is 9.67. The molecule has 1 heterocycles. The Bertz CT molecular complexity index is 560. The molecule has 1 aromatic carbocycles. The number of fused-ring (bicyclic) bond motifs is 1. The summed E-state index contributed by atoms with van der Waals surface area (Å²) in [5.74, 6) is 0. The number of benzene rings is 1. The van der Waals surface area contributed by atoms with Gasteiger partial charge in [-0.3, -0.25) is 0 Å². The average Bonchev–Trinajstić information content (AvgIpc) is 2.78. The zero-order chi connectivity index (χ0) is 12.8. The number of rotatable bonds is 3. The molecule has 0 aliphatic heterocycles. The molecule has 0 saturated heterocycles. The fourth-order valence-corrected chi connectivity index (χ4v) is 3.91. The van der Waals surface area contributed by atoms with Crippen molar-refractivity contribution in [3.63, 3.8) is 0 Å². The predicted octanol–water partition coefficient (Wildman–Crippen LogP) is 4.40. The average molecular weight is 280 g/mol. The van der Waals surface area contributed by atoms with Gasteiger partial charge in [0, 0.05) is 22.7 Å². The van der Waals surface area contributed by atoms with Gasteiger partial charge in [-0.15, -0.1) is 22.9 Å². The van der Waals surface area contributed by atoms with Crippen LogP contribution in [-0.4, -0.2) is 11.4 Å². The van der Waals surface area contributed by atoms with Crippen LogP contribution in [0.5, 0.6) is 0 Å². The first-order chi connectivity index (χ1) is 8.59. The quantitative estimate of drug-likeness (QED) is 0.822. The highest BCUT2D eigenvalue weighted by molar-refractivity contribution is 7.17. The Kier molecular flexibility index (Phi) is 3.13. The third-order valence-corrected chi connectivity index (χ3v) is 6.00. The van der Waals surface area contributed by atoms with E-state index in [-0.39, 0.29) is 5.41 Å². The summed E-state index contributed by atoms with van der Waals surface area (Å²) in [4.78, 5) is 0. The van der Waals surface area contributed by atoms with E-state index in [1.165, 1.54) is 15.6 Å². The monoisotopic (exact) mass is 279 g/mol. The first-order valence-corrected chi connectivity index (χ1v) is 7.73. The molecule has 1 aliphatic carbocycles. The molecule has 18 heavy (non-hydrogen) atoms. The maximum atomic E-state index is 6.25. The van der Waals surface area contributed by atoms with Gasteiger partial charge >= 0.3 is 0 Å². The Hall–Kier alpha value is -0.570. The summed E-state index contributed by atoms with van der Waals surface area (Å²) in [6.07, 6.45) is 1.08. The number of hydrogen-bond acceptors (Lipinski definition) is 2. The largest absolute Gasteiger partial charge is 0.309 e. The van der Waals surface area contributed by atoms with Crippen LogP contribution in [-0.2, 0) is 6.54 Å². The van der Waals surface area contributed by atoms with Gasteiger partial charge in [-0.25, -0.2) is 0 Å². The second-order valence-electron chi connectivity index (χ2n) is 5.72. The first-order valence-electron chi connectivity index (χ1n) is 6.41. The summed E-state index contributed by atoms with van der Waals surface area (Å²) >= 11 is 8.08. The zero-order valence-corrected chi connectivity index (χ0v) is 12.3. The molecule has 1 saturated carbocycles. The minimum Gasteiger partial charge on any atom is -0.309 e. The Morgan fingerprint density at radius 3 is 2.89 bits per heavy atom. The molecule has 0 spiro atoms. The molecule has 1 fully saturated rings. The maximum Gasteiger partial charge on any atom is 0.0416 e. The molecule has 1 N–H and O–H groups in total. The molecule has 2 unspecified atom stereocenters. The standard InChI is InChI=1S/C15H18ClNS/c1-15(2)13(16)7-14(15)17-8-10-9-18-12-6-4-3-5-11(10)12/h3-6,9,13-14,17H,7-8H2,1-2H3. The van der Waals surface area contributed by atoms with Gasteiger partial charge in [-0.2, -0.15) is 0 Å². The van der Waals surface area contributed by atoms with E-state index in [4.69, 9.17) is 11.6 Å². The fourth-order valence-electron chi connectivity index (χ4n) is 2.62. The Balaban J connectivity index is 1.71. The Morgan fingerprint density at radius 1 is 1.39 bits per heavy atom. The molecule has 2 aromatic rings. The molecule has 3 heteroatoms. The molecule has 1 aliphatic rings. The molecular formula is C15H18ClNS. The van der Waals surface area contributed by atoms with E-state index >= 15 is 0 Å². The SMILES string of the molecule is CC1(C)C(Cl)CC1NCc1csc2ccccc12. The van der Waals surface area contributed by atoms with Crippen molar-refractivity contribution >= 4 is 33.0 Å². The van der Waals surface area contributed by atoms with Crippen LogP contribution in [0.2, 0.25) is 0 Å². The van der Waals surface area contributed by atoms with Crippen molar-refractivity contribution in [3.05, 3.63) is 35.2 Å². The molecule has 0 radical (unpaired) electrons. The van der Waals surface area contributed by atoms with Gasteiger partial charge in [0.1, 0.15) is 0 Å². The van der Waals surface area contributed by atoms with Gasteiger partial charge in [0.15, 0.2) is 0 Å². The fraction of sp³-hybridized carbons (Fsp3) is 0.467. The van der Waals surface area contributed by atoms with Crippen molar-refractivity contribution in [1.82, 2.24) is 5.32 Å². The number of nitrogens with one attached hydrogen (secondary N) is 1. The van der Waals surface area contributed by atoms with E-state index in [9.17, 15) is 0 Å². The van der Waals surface area contributed by atoms with E-state index < -0.39 is 0 Å². The number of alkyl halides is 1. The van der Waals surface area contributed by atoms with Crippen molar-refractivity contribution < 1.29 is 0 Å². The molecule has 1 aromatic heterocycles. The van der Waals surface area contributed by atoms with E-state index in [1.54, 1.807) is 0 Å². The number of hydrogen-bond donors (Lipinski definition) is 1. The third-order valence-electron chi connectivity index (χ3n) is 4.25. The third kappa shape index (κ3) is 1.97. The summed E-state index contributed by atoms with van der Waals surface area (Å²) in [7, 11) is 0. The van der Waals surface area contributed by atoms with Gasteiger partial charge in [-0.05, 0) is 34.2 Å². The van der Waals surface area contributed by atoms with Crippen molar-refractivity contribution in [2.24, 2.45) is 5.41 Å². The summed E-state index contributed by atoms with van der Waals surface area (Å²) in [5.41, 5.74) is 1.62. The van der Waals surface area contributed by atoms with Crippen LogP contribution in [0.4, 0.5) is 0 Å². The van der Waals surface area contributed by atoms with Gasteiger partial charge in [0.25, 0.3) is 0 Å². The lowest BCUT2D eigenvalue weighted by Gasteiger charge is -2.49. The van der Waals surface area contributed by atoms with Crippen LogP contribution in [0.1, 0.15) is 25.8 Å². The highest BCUT2D eigenvalue weighted by Crippen LogP contribution is 2.44. The Labute approximate surface area is 117 Å². The van der Waals surface area contributed by atoms with Crippen molar-refractivity contribution in [2.75, 3.05) is 0 Å². The normalized spacial score (nSPS) is 26.2. The van der Waals surface area contributed by atoms with Crippen molar-refractivity contribution in [2.45, 2.75) is 38.2 Å². The lowest BCUT2D eigenvalue weighted by molar-refractivity contribution is 0.116. The number of thiophene rings is 1. The second kappa shape index (κ2) is 4.52. The van der Waals surface area contributed by atoms with E-state index in [2.05, 4.69) is 48.8 Å². The highest BCUT2D eigenvalue weighted by Gasteiger charge is 2.46. The summed E-state index contributed by atoms with van der Waals surface area (Å²) in [6.45, 7) is 5.44. The maximum absolute atomic E-state index is 6.25. The minimum absolute atomic E-state index is 0.216. The van der Waals surface area contributed by atoms with E-state index in [0.29, 0.717) is 11.4 Å². The molecule has 1 nitrogen and oxygen atoms in total. The van der Waals surface area contributed by atoms with Crippen LogP contribution in [0.15, 0.2) is 29.6 Å². The summed E-state index contributed by atoms with van der Waals surface area (Å²) in [6, 6.07) is 9.15. The second-order valence-corrected chi connectivity index (χ2v) is 7.15. The van der Waals surface area contributed by atoms with Crippen LogP contribution < -0.4 is 5.32 Å². The molecule has 0 amide bonds. The molecule has 0 bridgehead atoms. The Morgan fingerprint density at radius 2 is 2.17 bits per heavy atom. The first kappa shape index (κ1) is 12.5. The van der Waals surface area contributed by atoms with E-state index in [1.807, 2.05) is 11.3 Å². The van der Waals surface area contributed by atoms with Gasteiger partial charge in [0.05, 0.1) is 0 Å². The van der Waals surface area contributed by atoms with Crippen LogP contribution >= 0.6 is 22.9 Å². The molecule has 96 valence electrons. The topological polar surface area (TPSA) is 12.0 Å². The molecule has 2 atom stereocenters. The predicted molar refractivity (Wildman–Crippen MR) is 80.5 cm³/mol. The van der Waals surface area contributed by atoms with Gasteiger partial charge in [-0.1, -0.05) is 32.0 Å². The van der Waals surface area contributed by atoms with Crippen LogP contribution in [0.3, 0.4) is 0 Å². The molecule has 3 rings (SSSR count). The summed E-state index contributed by atoms with van der Waals surface area (Å²) in [5, 5.41) is 7.62. The smallest absolute Gasteiger partial charge is 0.0416 e. The highest BCUT2D eigenvalue weighted by atomic mass is 35.5. The van der Waals surface area contributed by atoms with Crippen molar-refractivity contribution in [3.8, 4) is 0 Å². The van der Waals surface area contributed by atoms with Gasteiger partial charge in [0.2, 0.25) is 0 Å². The minimum atomic E-state index is 0.216. The van der Waals surface area contributed by atoms with Crippen molar-refractivity contribution in [1.29, 1.82) is 0 Å².